The number of rotatable bonds is 2. The molecule has 3 saturated carbocycles. The summed E-state index contributed by atoms with van der Waals surface area (Å²) in [5.74, 6) is 1.42. The van der Waals surface area contributed by atoms with Gasteiger partial charge in [-0.05, 0) is 55.8 Å². The van der Waals surface area contributed by atoms with Crippen LogP contribution in [0.25, 0.3) is 0 Å². The van der Waals surface area contributed by atoms with Crippen LogP contribution in [0.4, 0.5) is 0 Å². The van der Waals surface area contributed by atoms with E-state index in [0.29, 0.717) is 11.8 Å². The van der Waals surface area contributed by atoms with E-state index in [1.165, 1.54) is 19.3 Å². The van der Waals surface area contributed by atoms with Gasteiger partial charge in [0.05, 0.1) is 12.0 Å². The molecule has 5 atom stereocenters. The molecule has 0 heterocycles. The van der Waals surface area contributed by atoms with E-state index >= 15 is 0 Å². The van der Waals surface area contributed by atoms with Gasteiger partial charge in [-0.25, -0.2) is 0 Å². The zero-order chi connectivity index (χ0) is 10.6. The Bertz CT molecular complexity index is 299. The summed E-state index contributed by atoms with van der Waals surface area (Å²) in [4.78, 5) is 10.8. The Balaban J connectivity index is 1.88. The molecule has 0 aliphatic heterocycles. The average molecular weight is 210 g/mol. The van der Waals surface area contributed by atoms with Crippen LogP contribution in [-0.4, -0.2) is 21.8 Å². The second-order valence-electron chi connectivity index (χ2n) is 5.92. The van der Waals surface area contributed by atoms with Crippen LogP contribution in [-0.2, 0) is 4.79 Å². The van der Waals surface area contributed by atoms with Crippen molar-refractivity contribution in [2.75, 3.05) is 0 Å². The summed E-state index contributed by atoms with van der Waals surface area (Å²) in [6, 6.07) is 0. The molecule has 3 aliphatic rings. The van der Waals surface area contributed by atoms with E-state index in [9.17, 15) is 9.90 Å². The van der Waals surface area contributed by atoms with Crippen molar-refractivity contribution in [3.8, 4) is 0 Å². The van der Waals surface area contributed by atoms with Crippen LogP contribution in [0.2, 0.25) is 0 Å². The highest BCUT2D eigenvalue weighted by Gasteiger charge is 2.56. The molecule has 0 aromatic carbocycles. The molecule has 3 fully saturated rings. The first-order valence-corrected chi connectivity index (χ1v) is 6.01. The lowest BCUT2D eigenvalue weighted by atomic mass is 9.64. The summed E-state index contributed by atoms with van der Waals surface area (Å²) in [6.07, 6.45) is 5.47. The number of carbonyl (C=O) groups is 1. The maximum absolute atomic E-state index is 10.8. The number of aliphatic carboxylic acids is 1. The summed E-state index contributed by atoms with van der Waals surface area (Å²) < 4.78 is 0. The second-order valence-corrected chi connectivity index (χ2v) is 5.92. The lowest BCUT2D eigenvalue weighted by Crippen LogP contribution is -2.47. The fraction of sp³-hybridized carbons (Fsp3) is 0.917. The van der Waals surface area contributed by atoms with Crippen molar-refractivity contribution in [1.29, 1.82) is 0 Å². The Morgan fingerprint density at radius 1 is 1.20 bits per heavy atom. The first-order chi connectivity index (χ1) is 7.07. The van der Waals surface area contributed by atoms with Gasteiger partial charge < -0.3 is 10.2 Å². The van der Waals surface area contributed by atoms with Gasteiger partial charge in [-0.15, -0.1) is 0 Å². The molecule has 0 spiro atoms. The van der Waals surface area contributed by atoms with Gasteiger partial charge in [0.25, 0.3) is 0 Å². The summed E-state index contributed by atoms with van der Waals surface area (Å²) in [5.41, 5.74) is -0.884. The molecule has 0 amide bonds. The molecule has 3 rings (SSSR count). The van der Waals surface area contributed by atoms with Crippen molar-refractivity contribution in [3.05, 3.63) is 0 Å². The number of hydrogen-bond acceptors (Lipinski definition) is 2. The molecule has 0 aromatic rings. The highest BCUT2D eigenvalue weighted by molar-refractivity contribution is 5.68. The Morgan fingerprint density at radius 2 is 1.93 bits per heavy atom. The predicted molar refractivity (Wildman–Crippen MR) is 54.2 cm³/mol. The number of fused-ring (bicyclic) bond motifs is 2. The van der Waals surface area contributed by atoms with Gasteiger partial charge in [-0.3, -0.25) is 4.79 Å². The highest BCUT2D eigenvalue weighted by atomic mass is 16.4. The molecular weight excluding hydrogens is 192 g/mol. The number of carboxylic acids is 1. The van der Waals surface area contributed by atoms with Crippen molar-refractivity contribution >= 4 is 5.97 Å². The molecule has 0 radical (unpaired) electrons. The Hall–Kier alpha value is -0.570. The number of carboxylic acid groups (broad SMARTS) is 1. The molecular formula is C12H18O3. The van der Waals surface area contributed by atoms with Crippen molar-refractivity contribution in [1.82, 2.24) is 0 Å². The molecule has 3 heteroatoms. The SMILES string of the molecule is O=C(O)C[C@]1(O)CC2CC3CC(C2)C1C3. The highest BCUT2D eigenvalue weighted by Crippen LogP contribution is 2.59. The van der Waals surface area contributed by atoms with E-state index in [2.05, 4.69) is 0 Å². The summed E-state index contributed by atoms with van der Waals surface area (Å²) >= 11 is 0. The lowest BCUT2D eigenvalue weighted by molar-refractivity contribution is -0.150. The molecule has 3 nitrogen and oxygen atoms in total. The minimum atomic E-state index is -0.884. The molecule has 15 heavy (non-hydrogen) atoms. The van der Waals surface area contributed by atoms with Crippen LogP contribution >= 0.6 is 0 Å². The van der Waals surface area contributed by atoms with Crippen molar-refractivity contribution < 1.29 is 15.0 Å². The Morgan fingerprint density at radius 3 is 2.67 bits per heavy atom. The van der Waals surface area contributed by atoms with Crippen molar-refractivity contribution in [3.63, 3.8) is 0 Å². The van der Waals surface area contributed by atoms with Gasteiger partial charge in [0.2, 0.25) is 0 Å². The summed E-state index contributed by atoms with van der Waals surface area (Å²) in [6.45, 7) is 0. The van der Waals surface area contributed by atoms with Crippen molar-refractivity contribution in [2.45, 2.75) is 44.1 Å². The van der Waals surface area contributed by atoms with Gasteiger partial charge in [0.15, 0.2) is 0 Å². The van der Waals surface area contributed by atoms with Crippen LogP contribution in [0, 0.1) is 23.7 Å². The van der Waals surface area contributed by atoms with E-state index in [1.807, 2.05) is 0 Å². The molecule has 2 N–H and O–H groups in total. The molecule has 3 aliphatic carbocycles. The van der Waals surface area contributed by atoms with Gasteiger partial charge in [-0.2, -0.15) is 0 Å². The third kappa shape index (κ3) is 1.40. The zero-order valence-electron chi connectivity index (χ0n) is 8.85. The first kappa shape index (κ1) is 9.64. The maximum Gasteiger partial charge on any atom is 0.306 e. The minimum Gasteiger partial charge on any atom is -0.481 e. The van der Waals surface area contributed by atoms with Crippen LogP contribution in [0.3, 0.4) is 0 Å². The smallest absolute Gasteiger partial charge is 0.306 e. The molecule has 0 saturated heterocycles. The van der Waals surface area contributed by atoms with Crippen LogP contribution in [0.1, 0.15) is 38.5 Å². The quantitative estimate of drug-likeness (QED) is 0.728. The van der Waals surface area contributed by atoms with Gasteiger partial charge in [-0.1, -0.05) is 0 Å². The normalized spacial score (nSPS) is 52.1. The topological polar surface area (TPSA) is 57.5 Å². The maximum atomic E-state index is 10.8. The fourth-order valence-corrected chi connectivity index (χ4v) is 4.63. The summed E-state index contributed by atoms with van der Waals surface area (Å²) in [5, 5.41) is 19.4. The van der Waals surface area contributed by atoms with E-state index in [0.717, 1.165) is 18.8 Å². The Kier molecular flexibility index (Phi) is 1.91. The molecule has 84 valence electrons. The largest absolute Gasteiger partial charge is 0.481 e. The van der Waals surface area contributed by atoms with Gasteiger partial charge in [0.1, 0.15) is 0 Å². The van der Waals surface area contributed by atoms with Crippen LogP contribution in [0.15, 0.2) is 0 Å². The van der Waals surface area contributed by atoms with E-state index in [-0.39, 0.29) is 12.3 Å². The standard InChI is InChI=1S/C12H18O3/c13-11(14)6-12(15)5-8-1-7-2-9(3-8)10(12)4-7/h7-10,15H,1-6H2,(H,13,14)/t7?,8?,9?,10?,12-/m1/s1. The molecule has 0 aromatic heterocycles. The average Bonchev–Trinajstić information content (AvgIpc) is 2.34. The monoisotopic (exact) mass is 210 g/mol. The van der Waals surface area contributed by atoms with E-state index < -0.39 is 11.6 Å². The van der Waals surface area contributed by atoms with E-state index in [4.69, 9.17) is 5.11 Å². The second kappa shape index (κ2) is 2.97. The Labute approximate surface area is 89.5 Å². The van der Waals surface area contributed by atoms with Crippen LogP contribution < -0.4 is 0 Å². The third-order valence-electron chi connectivity index (χ3n) is 4.88. The molecule has 4 unspecified atom stereocenters. The fourth-order valence-electron chi connectivity index (χ4n) is 4.63. The summed E-state index contributed by atoms with van der Waals surface area (Å²) in [7, 11) is 0. The lowest BCUT2D eigenvalue weighted by Gasteiger charge is -2.44. The minimum absolute atomic E-state index is 0.0443. The van der Waals surface area contributed by atoms with Crippen molar-refractivity contribution in [2.24, 2.45) is 23.7 Å². The first-order valence-electron chi connectivity index (χ1n) is 6.01. The van der Waals surface area contributed by atoms with E-state index in [1.54, 1.807) is 0 Å². The number of hydrogen-bond donors (Lipinski definition) is 2. The number of aliphatic hydroxyl groups is 1. The van der Waals surface area contributed by atoms with Crippen LogP contribution in [0.5, 0.6) is 0 Å². The zero-order valence-corrected chi connectivity index (χ0v) is 8.85. The van der Waals surface area contributed by atoms with Gasteiger partial charge in [0, 0.05) is 0 Å². The van der Waals surface area contributed by atoms with Gasteiger partial charge >= 0.3 is 5.97 Å². The molecule has 3 bridgehead atoms. The predicted octanol–water partition coefficient (Wildman–Crippen LogP) is 1.65. The third-order valence-corrected chi connectivity index (χ3v) is 4.88.